The Morgan fingerprint density at radius 1 is 1.30 bits per heavy atom. The lowest BCUT2D eigenvalue weighted by atomic mass is 9.93. The van der Waals surface area contributed by atoms with Crippen molar-refractivity contribution in [1.29, 1.82) is 0 Å². The number of pyridine rings is 1. The van der Waals surface area contributed by atoms with Gasteiger partial charge in [0.05, 0.1) is 22.3 Å². The molecule has 0 atom stereocenters. The van der Waals surface area contributed by atoms with Gasteiger partial charge in [-0.15, -0.1) is 0 Å². The molecule has 2 aromatic heterocycles. The van der Waals surface area contributed by atoms with Gasteiger partial charge in [-0.25, -0.2) is 9.37 Å². The molecule has 0 aliphatic carbocycles. The van der Waals surface area contributed by atoms with E-state index in [2.05, 4.69) is 10.1 Å². The van der Waals surface area contributed by atoms with E-state index in [1.54, 1.807) is 37.1 Å². The van der Waals surface area contributed by atoms with Crippen molar-refractivity contribution in [2.45, 2.75) is 20.8 Å². The third kappa shape index (κ3) is 3.83. The lowest BCUT2D eigenvalue weighted by Crippen LogP contribution is -2.39. The van der Waals surface area contributed by atoms with Crippen LogP contribution in [0.3, 0.4) is 0 Å². The van der Waals surface area contributed by atoms with Crippen molar-refractivity contribution in [2.24, 2.45) is 11.1 Å². The lowest BCUT2D eigenvalue weighted by molar-refractivity contribution is 0.0742. The molecule has 27 heavy (non-hydrogen) atoms. The third-order valence-corrected chi connectivity index (χ3v) is 4.55. The summed E-state index contributed by atoms with van der Waals surface area (Å²) in [5.41, 5.74) is 8.13. The van der Waals surface area contributed by atoms with Gasteiger partial charge in [-0.1, -0.05) is 19.0 Å². The Labute approximate surface area is 157 Å². The highest BCUT2D eigenvalue weighted by molar-refractivity contribution is 6.06. The maximum Gasteiger partial charge on any atom is 0.259 e. The van der Waals surface area contributed by atoms with Crippen LogP contribution < -0.4 is 5.73 Å². The zero-order valence-corrected chi connectivity index (χ0v) is 15.9. The van der Waals surface area contributed by atoms with Crippen LogP contribution in [0, 0.1) is 18.2 Å². The van der Waals surface area contributed by atoms with Gasteiger partial charge in [0.15, 0.2) is 0 Å². The van der Waals surface area contributed by atoms with Crippen LogP contribution in [0.4, 0.5) is 4.39 Å². The van der Waals surface area contributed by atoms with Crippen molar-refractivity contribution in [3.8, 4) is 11.3 Å². The van der Waals surface area contributed by atoms with Crippen LogP contribution in [0.15, 0.2) is 34.9 Å². The fraction of sp³-hybridized carbons (Fsp3) is 0.350. The Morgan fingerprint density at radius 2 is 1.96 bits per heavy atom. The molecule has 0 bridgehead atoms. The van der Waals surface area contributed by atoms with Gasteiger partial charge in [-0.2, -0.15) is 0 Å². The van der Waals surface area contributed by atoms with Crippen LogP contribution in [-0.4, -0.2) is 41.1 Å². The quantitative estimate of drug-likeness (QED) is 0.744. The first-order valence-electron chi connectivity index (χ1n) is 8.70. The summed E-state index contributed by atoms with van der Waals surface area (Å²) in [7, 11) is 1.74. The number of hydrogen-bond donors (Lipinski definition) is 1. The second kappa shape index (κ2) is 7.08. The summed E-state index contributed by atoms with van der Waals surface area (Å²) < 4.78 is 18.5. The standard InChI is InChI=1S/C20H23FN4O2/c1-12-17-15(19(26)25(4)11-20(2,3)10-22)9-16(23-18(17)27-24-12)13-5-7-14(21)8-6-13/h5-9H,10-11,22H2,1-4H3. The average Bonchev–Trinajstić information content (AvgIpc) is 3.01. The smallest absolute Gasteiger partial charge is 0.259 e. The highest BCUT2D eigenvalue weighted by Gasteiger charge is 2.25. The minimum atomic E-state index is -0.338. The Kier molecular flexibility index (Phi) is 4.97. The summed E-state index contributed by atoms with van der Waals surface area (Å²) in [5.74, 6) is -0.506. The monoisotopic (exact) mass is 370 g/mol. The first kappa shape index (κ1) is 19.0. The van der Waals surface area contributed by atoms with Crippen LogP contribution in [-0.2, 0) is 0 Å². The number of aromatic nitrogens is 2. The first-order chi connectivity index (χ1) is 12.7. The van der Waals surface area contributed by atoms with Gasteiger partial charge >= 0.3 is 0 Å². The topological polar surface area (TPSA) is 85.2 Å². The van der Waals surface area contributed by atoms with Crippen LogP contribution in [0.2, 0.25) is 0 Å². The van der Waals surface area contributed by atoms with Crippen molar-refractivity contribution < 1.29 is 13.7 Å². The second-order valence-electron chi connectivity index (χ2n) is 7.54. The number of hydrogen-bond acceptors (Lipinski definition) is 5. The Hall–Kier alpha value is -2.80. The molecule has 0 saturated carbocycles. The molecule has 0 aliphatic heterocycles. The lowest BCUT2D eigenvalue weighted by Gasteiger charge is -2.29. The maximum absolute atomic E-state index is 13.2. The van der Waals surface area contributed by atoms with E-state index in [1.165, 1.54) is 12.1 Å². The van der Waals surface area contributed by atoms with Crippen LogP contribution in [0.1, 0.15) is 29.9 Å². The molecule has 1 amide bonds. The van der Waals surface area contributed by atoms with Crippen molar-refractivity contribution in [1.82, 2.24) is 15.0 Å². The van der Waals surface area contributed by atoms with E-state index < -0.39 is 0 Å². The Balaban J connectivity index is 2.09. The molecule has 0 saturated heterocycles. The zero-order valence-electron chi connectivity index (χ0n) is 15.9. The molecular formula is C20H23FN4O2. The molecule has 3 rings (SSSR count). The maximum atomic E-state index is 13.2. The highest BCUT2D eigenvalue weighted by Crippen LogP contribution is 2.28. The fourth-order valence-electron chi connectivity index (χ4n) is 3.02. The van der Waals surface area contributed by atoms with Gasteiger partial charge in [0.1, 0.15) is 5.82 Å². The summed E-state index contributed by atoms with van der Waals surface area (Å²) in [5, 5.41) is 4.54. The molecule has 6 nitrogen and oxygen atoms in total. The first-order valence-corrected chi connectivity index (χ1v) is 8.70. The Morgan fingerprint density at radius 3 is 2.59 bits per heavy atom. The molecule has 2 heterocycles. The highest BCUT2D eigenvalue weighted by atomic mass is 19.1. The van der Waals surface area contributed by atoms with Crippen LogP contribution in [0.25, 0.3) is 22.4 Å². The molecule has 3 aromatic rings. The van der Waals surface area contributed by atoms with Crippen molar-refractivity contribution in [3.63, 3.8) is 0 Å². The molecule has 0 radical (unpaired) electrons. The van der Waals surface area contributed by atoms with Gasteiger partial charge in [-0.3, -0.25) is 4.79 Å². The SMILES string of the molecule is Cc1noc2nc(-c3ccc(F)cc3)cc(C(=O)N(C)CC(C)(C)CN)c12. The summed E-state index contributed by atoms with van der Waals surface area (Å²) in [6.45, 7) is 6.75. The number of nitrogens with two attached hydrogens (primary N) is 1. The van der Waals surface area contributed by atoms with Gasteiger partial charge in [0, 0.05) is 19.2 Å². The molecule has 0 aliphatic rings. The van der Waals surface area contributed by atoms with Crippen molar-refractivity contribution >= 4 is 17.0 Å². The van der Waals surface area contributed by atoms with Gasteiger partial charge < -0.3 is 15.2 Å². The average molecular weight is 370 g/mol. The normalized spacial score (nSPS) is 11.8. The van der Waals surface area contributed by atoms with E-state index in [1.807, 2.05) is 13.8 Å². The van der Waals surface area contributed by atoms with E-state index in [0.717, 1.165) is 0 Å². The predicted molar refractivity (Wildman–Crippen MR) is 102 cm³/mol. The molecule has 0 spiro atoms. The molecule has 1 aromatic carbocycles. The van der Waals surface area contributed by atoms with E-state index >= 15 is 0 Å². The van der Waals surface area contributed by atoms with Crippen LogP contribution in [0.5, 0.6) is 0 Å². The summed E-state index contributed by atoms with van der Waals surface area (Å²) in [4.78, 5) is 19.3. The van der Waals surface area contributed by atoms with Crippen molar-refractivity contribution in [2.75, 3.05) is 20.1 Å². The molecule has 142 valence electrons. The molecule has 2 N–H and O–H groups in total. The number of benzene rings is 1. The molecule has 0 unspecified atom stereocenters. The van der Waals surface area contributed by atoms with Gasteiger partial charge in [0.25, 0.3) is 11.6 Å². The van der Waals surface area contributed by atoms with Gasteiger partial charge in [-0.05, 0) is 49.2 Å². The summed E-state index contributed by atoms with van der Waals surface area (Å²) in [6.07, 6.45) is 0. The molecule has 0 fully saturated rings. The number of halogens is 1. The molecular weight excluding hydrogens is 347 g/mol. The number of fused-ring (bicyclic) bond motifs is 1. The van der Waals surface area contributed by atoms with E-state index in [0.29, 0.717) is 41.0 Å². The van der Waals surface area contributed by atoms with Crippen LogP contribution >= 0.6 is 0 Å². The largest absolute Gasteiger partial charge is 0.341 e. The number of amides is 1. The predicted octanol–water partition coefficient (Wildman–Crippen LogP) is 3.39. The summed E-state index contributed by atoms with van der Waals surface area (Å²) >= 11 is 0. The summed E-state index contributed by atoms with van der Waals surface area (Å²) in [6, 6.07) is 7.63. The number of carbonyl (C=O) groups excluding carboxylic acids is 1. The molecule has 7 heteroatoms. The Bertz CT molecular complexity index is 980. The van der Waals surface area contributed by atoms with E-state index in [4.69, 9.17) is 10.3 Å². The third-order valence-electron chi connectivity index (χ3n) is 4.55. The number of rotatable bonds is 5. The number of aryl methyl sites for hydroxylation is 1. The van der Waals surface area contributed by atoms with Gasteiger partial charge in [0.2, 0.25) is 0 Å². The fourth-order valence-corrected chi connectivity index (χ4v) is 3.02. The number of nitrogens with zero attached hydrogens (tertiary/aromatic N) is 3. The van der Waals surface area contributed by atoms with E-state index in [-0.39, 0.29) is 22.9 Å². The minimum absolute atomic E-state index is 0.168. The number of carbonyl (C=O) groups is 1. The minimum Gasteiger partial charge on any atom is -0.341 e. The second-order valence-corrected chi connectivity index (χ2v) is 7.54. The van der Waals surface area contributed by atoms with Crippen molar-refractivity contribution in [3.05, 3.63) is 47.4 Å². The zero-order chi connectivity index (χ0) is 19.8. The van der Waals surface area contributed by atoms with E-state index in [9.17, 15) is 9.18 Å².